The van der Waals surface area contributed by atoms with E-state index in [1.54, 1.807) is 13.0 Å². The molecular weight excluding hydrogens is 180 g/mol. The first-order chi connectivity index (χ1) is 6.65. The van der Waals surface area contributed by atoms with Crippen molar-refractivity contribution < 1.29 is 14.9 Å². The van der Waals surface area contributed by atoms with Crippen LogP contribution >= 0.6 is 0 Å². The summed E-state index contributed by atoms with van der Waals surface area (Å²) in [6, 6.07) is 5.37. The number of aliphatic hydroxyl groups is 1. The molecule has 0 radical (unpaired) electrons. The van der Waals surface area contributed by atoms with Crippen molar-refractivity contribution in [2.45, 2.75) is 25.9 Å². The first kappa shape index (κ1) is 10.9. The molecule has 0 heterocycles. The zero-order valence-corrected chi connectivity index (χ0v) is 8.53. The van der Waals surface area contributed by atoms with E-state index in [1.165, 1.54) is 7.11 Å². The summed E-state index contributed by atoms with van der Waals surface area (Å²) in [4.78, 5) is 0. The second-order valence-corrected chi connectivity index (χ2v) is 3.36. The Balaban J connectivity index is 2.76. The van der Waals surface area contributed by atoms with E-state index in [0.29, 0.717) is 18.6 Å². The molecule has 1 aromatic carbocycles. The van der Waals surface area contributed by atoms with Gasteiger partial charge in [-0.05, 0) is 31.4 Å². The number of methoxy groups -OCH3 is 1. The van der Waals surface area contributed by atoms with E-state index in [-0.39, 0.29) is 11.9 Å². The van der Waals surface area contributed by atoms with E-state index in [2.05, 4.69) is 0 Å². The van der Waals surface area contributed by atoms with Gasteiger partial charge in [0.2, 0.25) is 0 Å². The summed E-state index contributed by atoms with van der Waals surface area (Å²) >= 11 is 0. The van der Waals surface area contributed by atoms with Crippen LogP contribution in [-0.4, -0.2) is 23.4 Å². The number of hydrogen-bond acceptors (Lipinski definition) is 3. The molecule has 1 aromatic rings. The van der Waals surface area contributed by atoms with Gasteiger partial charge in [0.15, 0.2) is 11.5 Å². The maximum absolute atomic E-state index is 9.70. The van der Waals surface area contributed by atoms with Gasteiger partial charge in [-0.2, -0.15) is 0 Å². The van der Waals surface area contributed by atoms with Crippen LogP contribution in [0.3, 0.4) is 0 Å². The molecule has 0 aliphatic heterocycles. The minimum absolute atomic E-state index is 0.177. The molecule has 3 heteroatoms. The van der Waals surface area contributed by atoms with Gasteiger partial charge in [-0.1, -0.05) is 12.1 Å². The number of aryl methyl sites for hydroxylation is 1. The molecule has 14 heavy (non-hydrogen) atoms. The molecule has 1 rings (SSSR count). The average molecular weight is 196 g/mol. The predicted molar refractivity (Wildman–Crippen MR) is 54.7 cm³/mol. The van der Waals surface area contributed by atoms with Crippen molar-refractivity contribution in [1.29, 1.82) is 0 Å². The fraction of sp³-hybridized carbons (Fsp3) is 0.455. The lowest BCUT2D eigenvalue weighted by atomic mass is 10.1. The summed E-state index contributed by atoms with van der Waals surface area (Å²) in [5.74, 6) is 0.656. The SMILES string of the molecule is COc1cccc(CC[C@@H](C)O)c1O. The number of aromatic hydroxyl groups is 1. The molecule has 0 bridgehead atoms. The molecular formula is C11H16O3. The molecule has 0 unspecified atom stereocenters. The lowest BCUT2D eigenvalue weighted by Crippen LogP contribution is -2.01. The van der Waals surface area contributed by atoms with Crippen LogP contribution in [0.15, 0.2) is 18.2 Å². The van der Waals surface area contributed by atoms with Crippen LogP contribution in [0.1, 0.15) is 18.9 Å². The van der Waals surface area contributed by atoms with Crippen molar-refractivity contribution in [2.75, 3.05) is 7.11 Å². The Hall–Kier alpha value is -1.22. The Kier molecular flexibility index (Phi) is 3.77. The number of phenols is 1. The van der Waals surface area contributed by atoms with Crippen LogP contribution in [0.2, 0.25) is 0 Å². The van der Waals surface area contributed by atoms with E-state index >= 15 is 0 Å². The zero-order valence-electron chi connectivity index (χ0n) is 8.53. The van der Waals surface area contributed by atoms with Gasteiger partial charge in [0.25, 0.3) is 0 Å². The summed E-state index contributed by atoms with van der Waals surface area (Å²) in [6.45, 7) is 1.73. The Morgan fingerprint density at radius 1 is 1.43 bits per heavy atom. The van der Waals surface area contributed by atoms with Gasteiger partial charge in [0, 0.05) is 0 Å². The van der Waals surface area contributed by atoms with Crippen molar-refractivity contribution in [2.24, 2.45) is 0 Å². The lowest BCUT2D eigenvalue weighted by Gasteiger charge is -2.09. The standard InChI is InChI=1S/C11H16O3/c1-8(12)6-7-9-4-3-5-10(14-2)11(9)13/h3-5,8,12-13H,6-7H2,1-2H3/t8-/m1/s1. The highest BCUT2D eigenvalue weighted by Gasteiger charge is 2.07. The third kappa shape index (κ3) is 2.64. The van der Waals surface area contributed by atoms with Gasteiger partial charge in [0.1, 0.15) is 0 Å². The molecule has 78 valence electrons. The summed E-state index contributed by atoms with van der Waals surface area (Å²) in [5, 5.41) is 18.8. The van der Waals surface area contributed by atoms with Crippen LogP contribution in [0.5, 0.6) is 11.5 Å². The number of rotatable bonds is 4. The van der Waals surface area contributed by atoms with Gasteiger partial charge in [-0.25, -0.2) is 0 Å². The number of para-hydroxylation sites is 1. The van der Waals surface area contributed by atoms with Crippen molar-refractivity contribution in [3.8, 4) is 11.5 Å². The molecule has 2 N–H and O–H groups in total. The van der Waals surface area contributed by atoms with Crippen molar-refractivity contribution in [3.05, 3.63) is 23.8 Å². The summed E-state index contributed by atoms with van der Waals surface area (Å²) in [6.07, 6.45) is 0.946. The van der Waals surface area contributed by atoms with Crippen LogP contribution in [0.4, 0.5) is 0 Å². The first-order valence-electron chi connectivity index (χ1n) is 4.68. The number of ether oxygens (including phenoxy) is 1. The molecule has 0 aliphatic carbocycles. The Morgan fingerprint density at radius 2 is 2.14 bits per heavy atom. The normalized spacial score (nSPS) is 12.5. The fourth-order valence-corrected chi connectivity index (χ4v) is 1.30. The third-order valence-corrected chi connectivity index (χ3v) is 2.13. The molecule has 0 aliphatic rings. The van der Waals surface area contributed by atoms with Gasteiger partial charge in [-0.3, -0.25) is 0 Å². The number of benzene rings is 1. The highest BCUT2D eigenvalue weighted by molar-refractivity contribution is 5.45. The van der Waals surface area contributed by atoms with Gasteiger partial charge in [-0.15, -0.1) is 0 Å². The highest BCUT2D eigenvalue weighted by Crippen LogP contribution is 2.30. The maximum Gasteiger partial charge on any atom is 0.160 e. The van der Waals surface area contributed by atoms with E-state index < -0.39 is 0 Å². The quantitative estimate of drug-likeness (QED) is 0.770. The molecule has 0 amide bonds. The Morgan fingerprint density at radius 3 is 2.71 bits per heavy atom. The summed E-state index contributed by atoms with van der Waals surface area (Å²) in [7, 11) is 1.52. The predicted octanol–water partition coefficient (Wildman–Crippen LogP) is 1.71. The summed E-state index contributed by atoms with van der Waals surface area (Å²) < 4.78 is 4.98. The van der Waals surface area contributed by atoms with Crippen molar-refractivity contribution >= 4 is 0 Å². The topological polar surface area (TPSA) is 49.7 Å². The van der Waals surface area contributed by atoms with Crippen molar-refractivity contribution in [3.63, 3.8) is 0 Å². The zero-order chi connectivity index (χ0) is 10.6. The molecule has 1 atom stereocenters. The van der Waals surface area contributed by atoms with Crippen LogP contribution in [-0.2, 0) is 6.42 Å². The molecule has 0 saturated carbocycles. The molecule has 3 nitrogen and oxygen atoms in total. The molecule has 0 saturated heterocycles. The smallest absolute Gasteiger partial charge is 0.160 e. The van der Waals surface area contributed by atoms with Gasteiger partial charge in [0.05, 0.1) is 13.2 Å². The van der Waals surface area contributed by atoms with Crippen molar-refractivity contribution in [1.82, 2.24) is 0 Å². The van der Waals surface area contributed by atoms with Crippen LogP contribution < -0.4 is 4.74 Å². The highest BCUT2D eigenvalue weighted by atomic mass is 16.5. The Bertz CT molecular complexity index is 295. The maximum atomic E-state index is 9.70. The fourth-order valence-electron chi connectivity index (χ4n) is 1.30. The third-order valence-electron chi connectivity index (χ3n) is 2.13. The van der Waals surface area contributed by atoms with E-state index in [1.807, 2.05) is 12.1 Å². The molecule has 0 aromatic heterocycles. The number of phenolic OH excluding ortho intramolecular Hbond substituents is 1. The lowest BCUT2D eigenvalue weighted by molar-refractivity contribution is 0.184. The monoisotopic (exact) mass is 196 g/mol. The average Bonchev–Trinajstić information content (AvgIpc) is 2.16. The first-order valence-corrected chi connectivity index (χ1v) is 4.68. The molecule has 0 spiro atoms. The van der Waals surface area contributed by atoms with E-state index in [9.17, 15) is 5.11 Å². The summed E-state index contributed by atoms with van der Waals surface area (Å²) in [5.41, 5.74) is 0.810. The van der Waals surface area contributed by atoms with E-state index in [4.69, 9.17) is 9.84 Å². The minimum atomic E-state index is -0.347. The number of aliphatic hydroxyl groups excluding tert-OH is 1. The largest absolute Gasteiger partial charge is 0.504 e. The second-order valence-electron chi connectivity index (χ2n) is 3.36. The van der Waals surface area contributed by atoms with Crippen LogP contribution in [0.25, 0.3) is 0 Å². The van der Waals surface area contributed by atoms with Gasteiger partial charge >= 0.3 is 0 Å². The van der Waals surface area contributed by atoms with Gasteiger partial charge < -0.3 is 14.9 Å². The Labute approximate surface area is 84.0 Å². The molecule has 0 fully saturated rings. The minimum Gasteiger partial charge on any atom is -0.504 e. The number of hydrogen-bond donors (Lipinski definition) is 2. The second kappa shape index (κ2) is 4.86. The van der Waals surface area contributed by atoms with Crippen LogP contribution in [0, 0.1) is 0 Å². The van der Waals surface area contributed by atoms with E-state index in [0.717, 1.165) is 5.56 Å².